The molecule has 0 radical (unpaired) electrons. The van der Waals surface area contributed by atoms with E-state index in [2.05, 4.69) is 0 Å². The van der Waals surface area contributed by atoms with Crippen LogP contribution in [-0.2, 0) is 75.8 Å². The summed E-state index contributed by atoms with van der Waals surface area (Å²) in [7, 11) is 0. The van der Waals surface area contributed by atoms with E-state index in [1.165, 1.54) is 0 Å². The maximum absolute atomic E-state index is 10.3. The van der Waals surface area contributed by atoms with Gasteiger partial charge < -0.3 is 198 Å². The second-order valence-electron chi connectivity index (χ2n) is 18.6. The first-order valence-electron chi connectivity index (χ1n) is 27.6. The Morgan fingerprint density at radius 3 is 0.193 bits per heavy atom. The van der Waals surface area contributed by atoms with E-state index in [0.29, 0.717) is 0 Å². The molecule has 0 bridgehead atoms. The summed E-state index contributed by atoms with van der Waals surface area (Å²) in [6.45, 7) is -25.8. The SMILES string of the molecule is OCC1OC(CO)[C@H](CO)OC(CO)OC(CO)[C@H](CO)OC(CO)O[C@@H](CO)C(CO)OC(CO)OC(CO)[C@H](CO)OC(CO)O[C@@H](CO)[C@H](CO)OC(CO)O[C@@H](CO)C(CO)OC(CO)OC(CO)[C@H](CO)OC(CO)O[C@@H](CO)C(CO)O1. The third-order valence-electron chi connectivity index (χ3n) is 12.6. The normalized spacial score (nSPS) is 37.9. The molecule has 1 aliphatic heterocycles. The molecule has 88 heavy (non-hydrogen) atoms. The van der Waals surface area contributed by atoms with E-state index in [1.54, 1.807) is 0 Å². The van der Waals surface area contributed by atoms with Gasteiger partial charge in [-0.15, -0.1) is 0 Å². The fourth-order valence-electron chi connectivity index (χ4n) is 8.04. The van der Waals surface area contributed by atoms with Crippen LogP contribution in [0.4, 0.5) is 0 Å². The Kier molecular flexibility index (Phi) is 47.9. The van der Waals surface area contributed by atoms with Crippen LogP contribution < -0.4 is 0 Å². The van der Waals surface area contributed by atoms with Crippen molar-refractivity contribution >= 4 is 0 Å². The first-order chi connectivity index (χ1) is 42.5. The van der Waals surface area contributed by atoms with Crippen LogP contribution in [0.5, 0.6) is 0 Å². The lowest BCUT2D eigenvalue weighted by Gasteiger charge is -2.36. The second kappa shape index (κ2) is 49.9. The topological polar surface area (TPSA) is 633 Å². The van der Waals surface area contributed by atoms with Crippen molar-refractivity contribution in [3.05, 3.63) is 0 Å². The van der Waals surface area contributed by atoms with Crippen LogP contribution in [0, 0.1) is 0 Å². The number of hydrogen-bond acceptors (Lipinski definition) is 40. The quantitative estimate of drug-likeness (QED) is 0.0427. The zero-order chi connectivity index (χ0) is 66.1. The van der Waals surface area contributed by atoms with Gasteiger partial charge in [-0.2, -0.15) is 0 Å². The minimum atomic E-state index is -1.91. The van der Waals surface area contributed by atoms with Crippen LogP contribution in [0.15, 0.2) is 0 Å². The summed E-state index contributed by atoms with van der Waals surface area (Å²) in [5.74, 6) is 0. The second-order valence-corrected chi connectivity index (χ2v) is 18.6. The molecule has 0 amide bonds. The van der Waals surface area contributed by atoms with Gasteiger partial charge >= 0.3 is 0 Å². The van der Waals surface area contributed by atoms with Crippen molar-refractivity contribution in [3.63, 3.8) is 0 Å². The number of rotatable bonds is 24. The van der Waals surface area contributed by atoms with Crippen LogP contribution in [0.1, 0.15) is 0 Å². The molecule has 24 atom stereocenters. The summed E-state index contributed by atoms with van der Waals surface area (Å²) in [4.78, 5) is 0. The summed E-state index contributed by atoms with van der Waals surface area (Å²) < 4.78 is 89.6. The fraction of sp³-hybridized carbons (Fsp3) is 1.00. The van der Waals surface area contributed by atoms with Gasteiger partial charge in [-0.1, -0.05) is 0 Å². The lowest BCUT2D eigenvalue weighted by atomic mass is 10.2. The highest BCUT2D eigenvalue weighted by molar-refractivity contribution is 4.81. The molecule has 0 aliphatic carbocycles. The molecule has 0 saturated carbocycles. The highest BCUT2D eigenvalue weighted by Crippen LogP contribution is 2.23. The Bertz CT molecular complexity index is 1180. The van der Waals surface area contributed by atoms with Crippen LogP contribution in [-0.4, -0.2) is 429 Å². The van der Waals surface area contributed by atoms with Crippen molar-refractivity contribution in [2.45, 2.75) is 148 Å². The van der Waals surface area contributed by atoms with Crippen molar-refractivity contribution in [2.24, 2.45) is 0 Å². The lowest BCUT2D eigenvalue weighted by molar-refractivity contribution is -0.315. The Balaban J connectivity index is 3.89. The first kappa shape index (κ1) is 84.4. The van der Waals surface area contributed by atoms with Gasteiger partial charge in [-0.3, -0.25) is 0 Å². The smallest absolute Gasteiger partial charge is 0.181 e. The molecule has 1 fully saturated rings. The van der Waals surface area contributed by atoms with E-state index in [0.717, 1.165) is 0 Å². The molecule has 0 aromatic heterocycles. The van der Waals surface area contributed by atoms with Gasteiger partial charge in [-0.25, -0.2) is 0 Å². The highest BCUT2D eigenvalue weighted by atomic mass is 16.8. The van der Waals surface area contributed by atoms with E-state index in [9.17, 15) is 123 Å². The number of hydrogen-bond donors (Lipinski definition) is 24. The fourth-order valence-corrected chi connectivity index (χ4v) is 8.04. The molecule has 1 rings (SSSR count). The predicted molar refractivity (Wildman–Crippen MR) is 278 cm³/mol. The predicted octanol–water partition coefficient (Wildman–Crippen LogP) is -15.4. The minimum Gasteiger partial charge on any atom is -0.394 e. The summed E-state index contributed by atoms with van der Waals surface area (Å²) in [5, 5.41) is 247. The molecule has 40 heteroatoms. The average molecular weight is 1310 g/mol. The summed E-state index contributed by atoms with van der Waals surface area (Å²) in [6.07, 6.45) is -43.1. The van der Waals surface area contributed by atoms with Crippen molar-refractivity contribution in [2.75, 3.05) is 159 Å². The molecule has 1 aliphatic rings. The van der Waals surface area contributed by atoms with Crippen molar-refractivity contribution in [1.29, 1.82) is 0 Å². The van der Waals surface area contributed by atoms with E-state index in [-0.39, 0.29) is 0 Å². The molecular weight excluding hydrogens is 1220 g/mol. The van der Waals surface area contributed by atoms with E-state index in [1.807, 2.05) is 0 Å². The van der Waals surface area contributed by atoms with Crippen LogP contribution in [0.2, 0.25) is 0 Å². The number of aliphatic hydroxyl groups is 24. The lowest BCUT2D eigenvalue weighted by Crippen LogP contribution is -2.51. The van der Waals surface area contributed by atoms with Crippen LogP contribution in [0.3, 0.4) is 0 Å². The van der Waals surface area contributed by atoms with Crippen LogP contribution >= 0.6 is 0 Å². The number of ether oxygens (including phenoxy) is 16. The Morgan fingerprint density at radius 2 is 0.159 bits per heavy atom. The third kappa shape index (κ3) is 29.0. The van der Waals surface area contributed by atoms with Gasteiger partial charge in [0.25, 0.3) is 0 Å². The molecule has 40 nitrogen and oxygen atoms in total. The minimum absolute atomic E-state index is 1.06. The summed E-state index contributed by atoms with van der Waals surface area (Å²) in [5.41, 5.74) is 0. The molecule has 1 heterocycles. The van der Waals surface area contributed by atoms with Gasteiger partial charge in [0.05, 0.1) is 159 Å². The standard InChI is InChI=1S/C48H96O40/c49-1-25-26(2-50)74-42(18-66)76-29(5-53)30(6-54)78-44(20-68)80-33(9-57)34(10-58)82-46(22-70)84-37(13-61)38(14-62)86-48(24-72)88-40(16-64)39(15-63)87-47(23-71)85-36(12-60)35(11-59)83-45(21-69)81-32(8-56)31(7-55)79-43(19-67)77-28(4-52)27(3-51)75-41(17-65)73-25/h25-72H,1-24H2/t25-,26-,27-,28?,29-,30?,31?,32-,33?,34-,35-,36?,37-,38?,39-,40?,41?,42?,43?,44?,45?,46?,47?,48?/m0/s1. The Morgan fingerprint density at radius 1 is 0.102 bits per heavy atom. The van der Waals surface area contributed by atoms with Gasteiger partial charge in [0, 0.05) is 0 Å². The Labute approximate surface area is 504 Å². The van der Waals surface area contributed by atoms with Crippen LogP contribution in [0.25, 0.3) is 0 Å². The van der Waals surface area contributed by atoms with Crippen molar-refractivity contribution in [3.8, 4) is 0 Å². The molecule has 0 spiro atoms. The monoisotopic (exact) mass is 1310 g/mol. The van der Waals surface area contributed by atoms with E-state index in [4.69, 9.17) is 75.8 Å². The molecule has 528 valence electrons. The Hall–Kier alpha value is -1.60. The molecule has 24 N–H and O–H groups in total. The third-order valence-corrected chi connectivity index (χ3v) is 12.6. The maximum atomic E-state index is 10.3. The summed E-state index contributed by atoms with van der Waals surface area (Å²) in [6, 6.07) is 0. The molecule has 15 unspecified atom stereocenters. The van der Waals surface area contributed by atoms with Gasteiger partial charge in [0.2, 0.25) is 0 Å². The van der Waals surface area contributed by atoms with E-state index >= 15 is 0 Å². The van der Waals surface area contributed by atoms with E-state index < -0.39 is 307 Å². The average Bonchev–Trinajstić information content (AvgIpc) is 3.74. The van der Waals surface area contributed by atoms with Crippen molar-refractivity contribution in [1.82, 2.24) is 0 Å². The zero-order valence-corrected chi connectivity index (χ0v) is 48.1. The van der Waals surface area contributed by atoms with Crippen molar-refractivity contribution < 1.29 is 198 Å². The largest absolute Gasteiger partial charge is 0.394 e. The van der Waals surface area contributed by atoms with Gasteiger partial charge in [0.15, 0.2) is 50.3 Å². The van der Waals surface area contributed by atoms with Gasteiger partial charge in [0.1, 0.15) is 97.7 Å². The molecule has 0 aromatic rings. The van der Waals surface area contributed by atoms with Gasteiger partial charge in [-0.05, 0) is 0 Å². The highest BCUT2D eigenvalue weighted by Gasteiger charge is 2.40. The summed E-state index contributed by atoms with van der Waals surface area (Å²) >= 11 is 0. The zero-order valence-electron chi connectivity index (χ0n) is 48.1. The first-order valence-corrected chi connectivity index (χ1v) is 27.6. The molecule has 0 aromatic carbocycles. The number of aliphatic hydroxyl groups excluding tert-OH is 24. The molecule has 1 saturated heterocycles. The maximum Gasteiger partial charge on any atom is 0.181 e. The molecular formula is C48H96O40.